The van der Waals surface area contributed by atoms with Crippen LogP contribution < -0.4 is 5.14 Å². The van der Waals surface area contributed by atoms with Crippen LogP contribution in [0.3, 0.4) is 0 Å². The van der Waals surface area contributed by atoms with E-state index in [1.54, 1.807) is 0 Å². The van der Waals surface area contributed by atoms with Gasteiger partial charge in [0.25, 0.3) is 10.2 Å². The van der Waals surface area contributed by atoms with E-state index in [1.165, 1.54) is 4.31 Å². The van der Waals surface area contributed by atoms with Gasteiger partial charge in [-0.3, -0.25) is 0 Å². The van der Waals surface area contributed by atoms with Crippen molar-refractivity contribution in [2.75, 3.05) is 19.7 Å². The van der Waals surface area contributed by atoms with Crippen molar-refractivity contribution < 1.29 is 12.8 Å². The summed E-state index contributed by atoms with van der Waals surface area (Å²) in [4.78, 5) is 0. The van der Waals surface area contributed by atoms with Gasteiger partial charge in [0.05, 0.1) is 0 Å². The van der Waals surface area contributed by atoms with Gasteiger partial charge in [-0.15, -0.1) is 0 Å². The fraction of sp³-hybridized carbons (Fsp3) is 1.00. The van der Waals surface area contributed by atoms with Crippen LogP contribution in [0, 0.1) is 11.8 Å². The molecule has 1 fully saturated rings. The Morgan fingerprint density at radius 3 is 2.00 bits per heavy atom. The van der Waals surface area contributed by atoms with Crippen LogP contribution in [0.1, 0.15) is 53.4 Å². The highest BCUT2D eigenvalue weighted by Gasteiger charge is 2.38. The van der Waals surface area contributed by atoms with E-state index < -0.39 is 18.5 Å². The Morgan fingerprint density at radius 1 is 1.13 bits per heavy atom. The Morgan fingerprint density at radius 2 is 1.61 bits per heavy atom. The van der Waals surface area contributed by atoms with Crippen molar-refractivity contribution in [3.05, 3.63) is 0 Å². The van der Waals surface area contributed by atoms with E-state index >= 15 is 0 Å². The van der Waals surface area contributed by atoms with Gasteiger partial charge in [-0.1, -0.05) is 27.7 Å². The predicted molar refractivity (Wildman–Crippen MR) is 99.0 cm³/mol. The molecule has 0 aromatic carbocycles. The molecule has 0 unspecified atom stereocenters. The second kappa shape index (κ2) is 7.95. The molecule has 0 aromatic heterocycles. The molecule has 1 saturated carbocycles. The zero-order valence-electron chi connectivity index (χ0n) is 15.8. The molecule has 5 nitrogen and oxygen atoms in total. The van der Waals surface area contributed by atoms with E-state index in [0.717, 1.165) is 32.3 Å². The first-order valence-corrected chi connectivity index (χ1v) is 13.2. The quantitative estimate of drug-likeness (QED) is 0.704. The van der Waals surface area contributed by atoms with E-state index in [-0.39, 0.29) is 5.04 Å². The lowest BCUT2D eigenvalue weighted by Crippen LogP contribution is -2.43. The molecule has 2 N–H and O–H groups in total. The molecule has 7 heteroatoms. The SMILES string of the molecule is CCN(CC1CCC(CO[Si](C)(C)C(C)(C)C)CC1)S(N)(=O)=O. The van der Waals surface area contributed by atoms with Crippen LogP contribution in [-0.4, -0.2) is 40.7 Å². The first kappa shape index (κ1) is 21.1. The van der Waals surface area contributed by atoms with Crippen LogP contribution in [-0.2, 0) is 14.6 Å². The van der Waals surface area contributed by atoms with Gasteiger partial charge in [0.1, 0.15) is 0 Å². The molecule has 0 aromatic rings. The van der Waals surface area contributed by atoms with Crippen LogP contribution in [0.25, 0.3) is 0 Å². The summed E-state index contributed by atoms with van der Waals surface area (Å²) in [6, 6.07) is 0. The average Bonchev–Trinajstić information content (AvgIpc) is 2.41. The molecule has 0 spiro atoms. The van der Waals surface area contributed by atoms with Crippen molar-refractivity contribution in [2.45, 2.75) is 71.5 Å². The average molecular weight is 365 g/mol. The Kier molecular flexibility index (Phi) is 7.29. The number of nitrogens with two attached hydrogens (primary N) is 1. The Balaban J connectivity index is 2.42. The molecule has 0 aliphatic heterocycles. The summed E-state index contributed by atoms with van der Waals surface area (Å²) in [6.45, 7) is 15.1. The van der Waals surface area contributed by atoms with Gasteiger partial charge in [0.2, 0.25) is 0 Å². The van der Waals surface area contributed by atoms with Gasteiger partial charge in [0, 0.05) is 19.7 Å². The van der Waals surface area contributed by atoms with Crippen molar-refractivity contribution >= 4 is 18.5 Å². The second-order valence-electron chi connectivity index (χ2n) is 8.45. The third-order valence-corrected chi connectivity index (χ3v) is 11.3. The van der Waals surface area contributed by atoms with Gasteiger partial charge in [0.15, 0.2) is 8.32 Å². The van der Waals surface area contributed by atoms with Gasteiger partial charge < -0.3 is 4.43 Å². The molecule has 0 atom stereocenters. The van der Waals surface area contributed by atoms with E-state index in [0.29, 0.717) is 24.9 Å². The zero-order valence-corrected chi connectivity index (χ0v) is 17.6. The van der Waals surface area contributed by atoms with Crippen LogP contribution >= 0.6 is 0 Å². The molecule has 1 rings (SSSR count). The smallest absolute Gasteiger partial charge is 0.276 e. The summed E-state index contributed by atoms with van der Waals surface area (Å²) >= 11 is 0. The van der Waals surface area contributed by atoms with E-state index in [4.69, 9.17) is 9.56 Å². The topological polar surface area (TPSA) is 72.6 Å². The highest BCUT2D eigenvalue weighted by atomic mass is 32.2. The van der Waals surface area contributed by atoms with Crippen molar-refractivity contribution in [1.29, 1.82) is 0 Å². The molecular weight excluding hydrogens is 328 g/mol. The molecule has 0 bridgehead atoms. The summed E-state index contributed by atoms with van der Waals surface area (Å²) in [5.74, 6) is 1.04. The van der Waals surface area contributed by atoms with Gasteiger partial charge in [-0.25, -0.2) is 5.14 Å². The Bertz CT molecular complexity index is 466. The maximum atomic E-state index is 11.5. The maximum Gasteiger partial charge on any atom is 0.276 e. The molecule has 0 radical (unpaired) electrons. The molecule has 0 heterocycles. The van der Waals surface area contributed by atoms with Crippen molar-refractivity contribution in [3.63, 3.8) is 0 Å². The standard InChI is InChI=1S/C16H36N2O3SSi/c1-7-18(22(17,19)20)12-14-8-10-15(11-9-14)13-21-23(5,6)16(2,3)4/h14-15H,7-13H2,1-6H3,(H2,17,19,20). The summed E-state index contributed by atoms with van der Waals surface area (Å²) in [6.07, 6.45) is 4.39. The van der Waals surface area contributed by atoms with Crippen LogP contribution in [0.15, 0.2) is 0 Å². The summed E-state index contributed by atoms with van der Waals surface area (Å²) in [5.41, 5.74) is 0. The fourth-order valence-corrected chi connectivity index (χ4v) is 4.69. The molecule has 1 aliphatic carbocycles. The number of hydrogen-bond donors (Lipinski definition) is 1. The third-order valence-electron chi connectivity index (χ3n) is 5.63. The number of hydrogen-bond acceptors (Lipinski definition) is 3. The minimum absolute atomic E-state index is 0.251. The fourth-order valence-electron chi connectivity index (χ4n) is 2.82. The minimum atomic E-state index is -3.56. The van der Waals surface area contributed by atoms with Crippen molar-refractivity contribution in [2.24, 2.45) is 17.0 Å². The lowest BCUT2D eigenvalue weighted by molar-refractivity contribution is 0.162. The second-order valence-corrected chi connectivity index (χ2v) is 14.8. The summed E-state index contributed by atoms with van der Waals surface area (Å²) < 4.78 is 30.7. The first-order chi connectivity index (χ1) is 10.4. The van der Waals surface area contributed by atoms with E-state index in [9.17, 15) is 8.42 Å². The monoisotopic (exact) mass is 364 g/mol. The van der Waals surface area contributed by atoms with Gasteiger partial charge in [-0.05, 0) is 55.7 Å². The van der Waals surface area contributed by atoms with Crippen molar-refractivity contribution in [3.8, 4) is 0 Å². The normalized spacial score (nSPS) is 24.2. The molecular formula is C16H36N2O3SSi. The summed E-state index contributed by atoms with van der Waals surface area (Å²) in [5, 5.41) is 5.51. The van der Waals surface area contributed by atoms with E-state index in [2.05, 4.69) is 33.9 Å². The molecule has 138 valence electrons. The number of rotatable bonds is 7. The maximum absolute atomic E-state index is 11.5. The lowest BCUT2D eigenvalue weighted by Gasteiger charge is -2.38. The molecule has 0 saturated heterocycles. The Hall–Kier alpha value is 0.0469. The molecule has 23 heavy (non-hydrogen) atoms. The summed E-state index contributed by atoms with van der Waals surface area (Å²) in [7, 11) is -5.23. The largest absolute Gasteiger partial charge is 0.417 e. The van der Waals surface area contributed by atoms with Crippen molar-refractivity contribution in [1.82, 2.24) is 4.31 Å². The van der Waals surface area contributed by atoms with Gasteiger partial charge >= 0.3 is 0 Å². The van der Waals surface area contributed by atoms with Crippen LogP contribution in [0.5, 0.6) is 0 Å². The Labute approximate surface area is 144 Å². The highest BCUT2D eigenvalue weighted by molar-refractivity contribution is 7.86. The van der Waals surface area contributed by atoms with Crippen LogP contribution in [0.2, 0.25) is 18.1 Å². The van der Waals surface area contributed by atoms with E-state index in [1.807, 2.05) is 6.92 Å². The van der Waals surface area contributed by atoms with Gasteiger partial charge in [-0.2, -0.15) is 12.7 Å². The predicted octanol–water partition coefficient (Wildman–Crippen LogP) is 3.34. The molecule has 0 amide bonds. The van der Waals surface area contributed by atoms with Crippen LogP contribution in [0.4, 0.5) is 0 Å². The highest BCUT2D eigenvalue weighted by Crippen LogP contribution is 2.38. The third kappa shape index (κ3) is 6.46. The molecule has 1 aliphatic rings. The first-order valence-electron chi connectivity index (χ1n) is 8.78. The minimum Gasteiger partial charge on any atom is -0.417 e. The zero-order chi connectivity index (χ0) is 17.9. The lowest BCUT2D eigenvalue weighted by atomic mass is 9.82. The number of nitrogens with zero attached hydrogens (tertiary/aromatic N) is 1.